The molecule has 4 rings (SSSR count). The molecule has 1 N–H and O–H groups in total. The third kappa shape index (κ3) is 6.42. The molecule has 0 aliphatic carbocycles. The molecule has 3 aromatic carbocycles. The summed E-state index contributed by atoms with van der Waals surface area (Å²) in [6, 6.07) is 14.6. The van der Waals surface area contributed by atoms with Crippen molar-refractivity contribution in [1.82, 2.24) is 9.66 Å². The predicted octanol–water partition coefficient (Wildman–Crippen LogP) is 7.02. The van der Waals surface area contributed by atoms with Crippen LogP contribution in [0.15, 0.2) is 71.8 Å². The number of amides is 1. The van der Waals surface area contributed by atoms with Crippen molar-refractivity contribution in [2.45, 2.75) is 26.7 Å². The van der Waals surface area contributed by atoms with E-state index in [1.54, 1.807) is 24.4 Å². The number of para-hydroxylation sites is 1. The molecule has 1 aromatic heterocycles. The molecule has 0 radical (unpaired) electrons. The minimum Gasteiger partial charge on any atom is -0.493 e. The molecule has 0 bridgehead atoms. The maximum atomic E-state index is 13.3. The van der Waals surface area contributed by atoms with Crippen molar-refractivity contribution in [2.75, 3.05) is 19.0 Å². The van der Waals surface area contributed by atoms with Crippen LogP contribution >= 0.6 is 47.8 Å². The van der Waals surface area contributed by atoms with Crippen molar-refractivity contribution in [3.05, 3.63) is 89.3 Å². The lowest BCUT2D eigenvalue weighted by atomic mass is 10.2. The number of anilines is 1. The van der Waals surface area contributed by atoms with Crippen molar-refractivity contribution in [1.29, 1.82) is 0 Å². The van der Waals surface area contributed by atoms with Gasteiger partial charge in [-0.1, -0.05) is 48.0 Å². The molecule has 0 atom stereocenters. The van der Waals surface area contributed by atoms with Crippen molar-refractivity contribution in [2.24, 2.45) is 5.10 Å². The number of carbonyl (C=O) groups excluding carboxylic acids is 1. The van der Waals surface area contributed by atoms with E-state index >= 15 is 0 Å². The lowest BCUT2D eigenvalue weighted by molar-refractivity contribution is -0.118. The number of methoxy groups -OCH3 is 1. The Kier molecular flexibility index (Phi) is 9.24. The average molecular weight is 721 g/mol. The molecule has 202 valence electrons. The molecule has 1 amide bonds. The van der Waals surface area contributed by atoms with Gasteiger partial charge in [0.05, 0.1) is 28.7 Å². The molecule has 8 nitrogen and oxygen atoms in total. The fourth-order valence-corrected chi connectivity index (χ4v) is 5.09. The summed E-state index contributed by atoms with van der Waals surface area (Å²) in [5.74, 6) is 0.907. The lowest BCUT2D eigenvalue weighted by Gasteiger charge is -2.16. The number of aromatic nitrogens is 2. The van der Waals surface area contributed by atoms with E-state index < -0.39 is 0 Å². The highest BCUT2D eigenvalue weighted by Gasteiger charge is 2.19. The number of rotatable bonds is 8. The van der Waals surface area contributed by atoms with Gasteiger partial charge in [-0.25, -0.2) is 4.98 Å². The number of halogens is 3. The number of carbonyl (C=O) groups is 1. The van der Waals surface area contributed by atoms with Gasteiger partial charge >= 0.3 is 0 Å². The Morgan fingerprint density at radius 2 is 1.87 bits per heavy atom. The number of aryl methyl sites for hydroxylation is 1. The molecular weight excluding hydrogens is 696 g/mol. The van der Waals surface area contributed by atoms with Crippen LogP contribution in [0.1, 0.15) is 36.7 Å². The molecule has 0 saturated carbocycles. The van der Waals surface area contributed by atoms with E-state index in [0.29, 0.717) is 42.7 Å². The number of hydrogen-bond acceptors (Lipinski definition) is 6. The van der Waals surface area contributed by atoms with Crippen LogP contribution in [0.25, 0.3) is 10.9 Å². The number of benzene rings is 3. The summed E-state index contributed by atoms with van der Waals surface area (Å²) >= 11 is 10.5. The van der Waals surface area contributed by atoms with Crippen LogP contribution in [0, 0.1) is 6.92 Å². The largest absolute Gasteiger partial charge is 0.493 e. The highest BCUT2D eigenvalue weighted by Crippen LogP contribution is 2.42. The second-order valence-corrected chi connectivity index (χ2v) is 11.4. The van der Waals surface area contributed by atoms with Gasteiger partial charge in [-0.2, -0.15) is 9.78 Å². The minimum absolute atomic E-state index is 0.0470. The normalized spacial score (nSPS) is 11.4. The van der Waals surface area contributed by atoms with E-state index in [-0.39, 0.29) is 24.0 Å². The highest BCUT2D eigenvalue weighted by atomic mass is 79.9. The average Bonchev–Trinajstić information content (AvgIpc) is 2.91. The van der Waals surface area contributed by atoms with Crippen LogP contribution in [0.2, 0.25) is 0 Å². The van der Waals surface area contributed by atoms with Crippen molar-refractivity contribution in [3.8, 4) is 11.5 Å². The van der Waals surface area contributed by atoms with Crippen LogP contribution < -0.4 is 20.3 Å². The van der Waals surface area contributed by atoms with Crippen LogP contribution in [-0.4, -0.2) is 35.5 Å². The van der Waals surface area contributed by atoms with Crippen molar-refractivity contribution in [3.63, 3.8) is 0 Å². The number of nitrogens with zero attached hydrogens (tertiary/aromatic N) is 3. The maximum absolute atomic E-state index is 13.3. The molecule has 0 unspecified atom stereocenters. The quantitative estimate of drug-likeness (QED) is 0.198. The Morgan fingerprint density at radius 1 is 1.13 bits per heavy atom. The molecule has 0 saturated heterocycles. The summed E-state index contributed by atoms with van der Waals surface area (Å²) in [7, 11) is 1.50. The second-order valence-electron chi connectivity index (χ2n) is 8.92. The zero-order chi connectivity index (χ0) is 28.3. The summed E-state index contributed by atoms with van der Waals surface area (Å²) in [6.45, 7) is 5.60. The van der Waals surface area contributed by atoms with E-state index in [2.05, 4.69) is 63.2 Å². The topological polar surface area (TPSA) is 94.8 Å². The van der Waals surface area contributed by atoms with Gasteiger partial charge in [0.25, 0.3) is 11.5 Å². The van der Waals surface area contributed by atoms with E-state index in [1.165, 1.54) is 11.8 Å². The van der Waals surface area contributed by atoms with Gasteiger partial charge in [0.2, 0.25) is 0 Å². The molecular formula is C28H25Br3N4O4. The Hall–Kier alpha value is -3.02. The Labute approximate surface area is 250 Å². The first-order chi connectivity index (χ1) is 18.6. The van der Waals surface area contributed by atoms with E-state index in [1.807, 2.05) is 51.1 Å². The van der Waals surface area contributed by atoms with Crippen LogP contribution in [0.3, 0.4) is 0 Å². The predicted molar refractivity (Wildman–Crippen MR) is 164 cm³/mol. The van der Waals surface area contributed by atoms with Gasteiger partial charge in [0, 0.05) is 26.1 Å². The third-order valence-corrected chi connectivity index (χ3v) is 8.44. The molecule has 11 heteroatoms. The summed E-state index contributed by atoms with van der Waals surface area (Å²) in [5.41, 5.74) is 2.62. The van der Waals surface area contributed by atoms with Crippen molar-refractivity contribution < 1.29 is 14.3 Å². The van der Waals surface area contributed by atoms with E-state index in [4.69, 9.17) is 9.47 Å². The smallest absolute Gasteiger partial charge is 0.282 e. The monoisotopic (exact) mass is 718 g/mol. The summed E-state index contributed by atoms with van der Waals surface area (Å²) < 4.78 is 14.6. The van der Waals surface area contributed by atoms with Gasteiger partial charge in [0.1, 0.15) is 5.82 Å². The number of fused-ring (bicyclic) bond motifs is 1. The minimum atomic E-state index is -0.309. The number of hydrogen-bond donors (Lipinski definition) is 1. The molecule has 0 aliphatic rings. The third-order valence-electron chi connectivity index (χ3n) is 5.80. The maximum Gasteiger partial charge on any atom is 0.282 e. The first-order valence-corrected chi connectivity index (χ1v) is 14.3. The van der Waals surface area contributed by atoms with Gasteiger partial charge in [-0.15, -0.1) is 0 Å². The Balaban J connectivity index is 1.65. The van der Waals surface area contributed by atoms with E-state index in [9.17, 15) is 9.59 Å². The standard InChI is InChI=1S/C28H25Br3N4O4/c1-15(2)27-34-21-10-9-18(29)12-19(21)28(37)35(27)32-13-17-11-22(38-4)26(25(31)24(17)30)39-14-23(36)33-20-8-6-5-7-16(20)3/h5-13,15H,14H2,1-4H3,(H,33,36). The van der Waals surface area contributed by atoms with Gasteiger partial charge in [-0.3, -0.25) is 9.59 Å². The Bertz CT molecular complexity index is 1650. The lowest BCUT2D eigenvalue weighted by Crippen LogP contribution is -2.23. The zero-order valence-corrected chi connectivity index (χ0v) is 26.3. The summed E-state index contributed by atoms with van der Waals surface area (Å²) in [6.07, 6.45) is 1.55. The highest BCUT2D eigenvalue weighted by molar-refractivity contribution is 9.13. The summed E-state index contributed by atoms with van der Waals surface area (Å²) in [5, 5.41) is 7.80. The Morgan fingerprint density at radius 3 is 2.56 bits per heavy atom. The first kappa shape index (κ1) is 29.0. The zero-order valence-electron chi connectivity index (χ0n) is 21.6. The summed E-state index contributed by atoms with van der Waals surface area (Å²) in [4.78, 5) is 30.5. The molecule has 4 aromatic rings. The first-order valence-electron chi connectivity index (χ1n) is 11.9. The van der Waals surface area contributed by atoms with Crippen LogP contribution in [0.5, 0.6) is 11.5 Å². The number of nitrogens with one attached hydrogen (secondary N) is 1. The van der Waals surface area contributed by atoms with Crippen LogP contribution in [0.4, 0.5) is 5.69 Å². The van der Waals surface area contributed by atoms with Crippen LogP contribution in [-0.2, 0) is 4.79 Å². The SMILES string of the molecule is COc1cc(C=Nn2c(C(C)C)nc3ccc(Br)cc3c2=O)c(Br)c(Br)c1OCC(=O)Nc1ccccc1C. The van der Waals surface area contributed by atoms with E-state index in [0.717, 1.165) is 15.7 Å². The molecule has 0 aliphatic heterocycles. The second kappa shape index (κ2) is 12.4. The molecule has 39 heavy (non-hydrogen) atoms. The molecule has 0 fully saturated rings. The van der Waals surface area contributed by atoms with Gasteiger partial charge in [-0.05, 0) is 74.7 Å². The fourth-order valence-electron chi connectivity index (χ4n) is 3.79. The van der Waals surface area contributed by atoms with Gasteiger partial charge in [0.15, 0.2) is 18.1 Å². The van der Waals surface area contributed by atoms with Crippen molar-refractivity contribution >= 4 is 76.5 Å². The molecule has 0 spiro atoms. The fraction of sp³-hybridized carbons (Fsp3) is 0.214. The molecule has 1 heterocycles. The number of ether oxygens (including phenoxy) is 2. The van der Waals surface area contributed by atoms with Gasteiger partial charge < -0.3 is 14.8 Å².